The van der Waals surface area contributed by atoms with E-state index in [2.05, 4.69) is 6.92 Å². The van der Waals surface area contributed by atoms with E-state index in [0.717, 1.165) is 24.8 Å². The number of halogens is 1. The van der Waals surface area contributed by atoms with Crippen molar-refractivity contribution in [2.75, 3.05) is 7.11 Å². The number of ether oxygens (including phenoxy) is 1. The predicted octanol–water partition coefficient (Wildman–Crippen LogP) is 3.77. The fraction of sp³-hybridized carbons (Fsp3) is 0.562. The van der Waals surface area contributed by atoms with E-state index in [4.69, 9.17) is 4.74 Å². The van der Waals surface area contributed by atoms with Crippen molar-refractivity contribution >= 4 is 5.78 Å². The van der Waals surface area contributed by atoms with Crippen LogP contribution in [0.5, 0.6) is 5.75 Å². The zero-order chi connectivity index (χ0) is 13.8. The van der Waals surface area contributed by atoms with Crippen LogP contribution in [0, 0.1) is 17.7 Å². The second kappa shape index (κ2) is 6.18. The normalized spacial score (nSPS) is 23.4. The summed E-state index contributed by atoms with van der Waals surface area (Å²) in [6.07, 6.45) is 4.42. The minimum atomic E-state index is -0.352. The molecule has 2 nitrogen and oxygen atoms in total. The lowest BCUT2D eigenvalue weighted by Gasteiger charge is -2.27. The molecule has 0 N–H and O–H groups in total. The Bertz CT molecular complexity index is 456. The number of ketones is 1. The Morgan fingerprint density at radius 3 is 2.84 bits per heavy atom. The molecule has 1 aromatic rings. The molecule has 2 unspecified atom stereocenters. The van der Waals surface area contributed by atoms with Gasteiger partial charge in [0.25, 0.3) is 0 Å². The minimum Gasteiger partial charge on any atom is -0.494 e. The Labute approximate surface area is 114 Å². The van der Waals surface area contributed by atoms with Gasteiger partial charge in [0.05, 0.1) is 7.11 Å². The van der Waals surface area contributed by atoms with Crippen LogP contribution in [0.4, 0.5) is 4.39 Å². The van der Waals surface area contributed by atoms with Crippen LogP contribution in [-0.4, -0.2) is 12.9 Å². The number of carbonyl (C=O) groups excluding carboxylic acids is 1. The fourth-order valence-corrected chi connectivity index (χ4v) is 2.89. The molecule has 0 spiro atoms. The van der Waals surface area contributed by atoms with Crippen LogP contribution >= 0.6 is 0 Å². The van der Waals surface area contributed by atoms with Crippen molar-refractivity contribution < 1.29 is 13.9 Å². The molecule has 104 valence electrons. The molecule has 0 amide bonds. The number of hydrogen-bond acceptors (Lipinski definition) is 2. The summed E-state index contributed by atoms with van der Waals surface area (Å²) in [5.41, 5.74) is 0.883. The second-order valence-corrected chi connectivity index (χ2v) is 5.38. The summed E-state index contributed by atoms with van der Waals surface area (Å²) in [6, 6.07) is 4.97. The van der Waals surface area contributed by atoms with Crippen LogP contribution < -0.4 is 4.74 Å². The molecule has 1 saturated carbocycles. The van der Waals surface area contributed by atoms with Crippen molar-refractivity contribution in [3.8, 4) is 5.75 Å². The molecule has 0 aromatic heterocycles. The highest BCUT2D eigenvalue weighted by molar-refractivity contribution is 5.82. The summed E-state index contributed by atoms with van der Waals surface area (Å²) in [5.74, 6) is 0.943. The monoisotopic (exact) mass is 264 g/mol. The van der Waals surface area contributed by atoms with Gasteiger partial charge in [-0.15, -0.1) is 0 Å². The maximum Gasteiger partial charge on any atom is 0.165 e. The number of benzene rings is 1. The zero-order valence-corrected chi connectivity index (χ0v) is 11.6. The predicted molar refractivity (Wildman–Crippen MR) is 72.8 cm³/mol. The molecule has 1 aliphatic carbocycles. The first-order valence-electron chi connectivity index (χ1n) is 6.99. The molecule has 19 heavy (non-hydrogen) atoms. The highest BCUT2D eigenvalue weighted by Crippen LogP contribution is 2.31. The van der Waals surface area contributed by atoms with Crippen molar-refractivity contribution in [2.24, 2.45) is 11.8 Å². The molecule has 1 aromatic carbocycles. The van der Waals surface area contributed by atoms with Crippen molar-refractivity contribution in [1.29, 1.82) is 0 Å². The number of Topliss-reactive ketones (excluding diaryl/α,β-unsaturated/α-hetero) is 1. The number of rotatable bonds is 4. The van der Waals surface area contributed by atoms with Crippen LogP contribution in [0.1, 0.15) is 38.2 Å². The molecule has 2 rings (SSSR count). The standard InChI is InChI=1S/C16H21FO2/c1-3-11-4-6-15(18)13(8-11)9-12-5-7-16(19-2)14(17)10-12/h5,7,10-11,13H,3-4,6,8-9H2,1-2H3. The van der Waals surface area contributed by atoms with Gasteiger partial charge in [-0.3, -0.25) is 4.79 Å². The molecule has 2 atom stereocenters. The van der Waals surface area contributed by atoms with Gasteiger partial charge in [0.15, 0.2) is 11.6 Å². The van der Waals surface area contributed by atoms with Gasteiger partial charge in [0.2, 0.25) is 0 Å². The van der Waals surface area contributed by atoms with Gasteiger partial charge in [-0.2, -0.15) is 0 Å². The molecule has 0 saturated heterocycles. The summed E-state index contributed by atoms with van der Waals surface area (Å²) in [7, 11) is 1.45. The SMILES string of the molecule is CCC1CCC(=O)C(Cc2ccc(OC)c(F)c2)C1. The van der Waals surface area contributed by atoms with Gasteiger partial charge in [-0.1, -0.05) is 19.4 Å². The second-order valence-electron chi connectivity index (χ2n) is 5.38. The Morgan fingerprint density at radius 2 is 2.21 bits per heavy atom. The Kier molecular flexibility index (Phi) is 4.56. The average molecular weight is 264 g/mol. The third-order valence-corrected chi connectivity index (χ3v) is 4.15. The van der Waals surface area contributed by atoms with Gasteiger partial charge >= 0.3 is 0 Å². The lowest BCUT2D eigenvalue weighted by Crippen LogP contribution is -2.26. The smallest absolute Gasteiger partial charge is 0.165 e. The van der Waals surface area contributed by atoms with E-state index in [1.54, 1.807) is 6.07 Å². The van der Waals surface area contributed by atoms with Gasteiger partial charge in [-0.05, 0) is 42.9 Å². The van der Waals surface area contributed by atoms with E-state index in [0.29, 0.717) is 24.5 Å². The lowest BCUT2D eigenvalue weighted by atomic mass is 9.77. The Hall–Kier alpha value is -1.38. The maximum absolute atomic E-state index is 13.6. The highest BCUT2D eigenvalue weighted by Gasteiger charge is 2.27. The molecule has 0 radical (unpaired) electrons. The third-order valence-electron chi connectivity index (χ3n) is 4.15. The first-order chi connectivity index (χ1) is 9.13. The molecule has 0 bridgehead atoms. The van der Waals surface area contributed by atoms with Crippen molar-refractivity contribution in [3.05, 3.63) is 29.6 Å². The number of hydrogen-bond donors (Lipinski definition) is 0. The van der Waals surface area contributed by atoms with Crippen LogP contribution in [-0.2, 0) is 11.2 Å². The quantitative estimate of drug-likeness (QED) is 0.827. The highest BCUT2D eigenvalue weighted by atomic mass is 19.1. The van der Waals surface area contributed by atoms with Crippen molar-refractivity contribution in [2.45, 2.75) is 39.0 Å². The van der Waals surface area contributed by atoms with Gasteiger partial charge < -0.3 is 4.74 Å². The maximum atomic E-state index is 13.6. The lowest BCUT2D eigenvalue weighted by molar-refractivity contribution is -0.125. The first kappa shape index (κ1) is 14.0. The number of methoxy groups -OCH3 is 1. The van der Waals surface area contributed by atoms with Gasteiger partial charge in [-0.25, -0.2) is 4.39 Å². The number of carbonyl (C=O) groups is 1. The Morgan fingerprint density at radius 1 is 1.42 bits per heavy atom. The van der Waals surface area contributed by atoms with Crippen LogP contribution in [0.3, 0.4) is 0 Å². The zero-order valence-electron chi connectivity index (χ0n) is 11.6. The summed E-state index contributed by atoms with van der Waals surface area (Å²) >= 11 is 0. The Balaban J connectivity index is 2.07. The molecule has 0 heterocycles. The van der Waals surface area contributed by atoms with E-state index in [1.165, 1.54) is 13.2 Å². The van der Waals surface area contributed by atoms with Gasteiger partial charge in [0.1, 0.15) is 5.78 Å². The molecule has 3 heteroatoms. The van der Waals surface area contributed by atoms with Crippen molar-refractivity contribution in [1.82, 2.24) is 0 Å². The molecule has 1 aliphatic rings. The van der Waals surface area contributed by atoms with E-state index in [-0.39, 0.29) is 17.5 Å². The summed E-state index contributed by atoms with van der Waals surface area (Å²) < 4.78 is 18.5. The molecule has 0 aliphatic heterocycles. The van der Waals surface area contributed by atoms with Crippen LogP contribution in [0.15, 0.2) is 18.2 Å². The summed E-state index contributed by atoms with van der Waals surface area (Å²) in [4.78, 5) is 11.9. The largest absolute Gasteiger partial charge is 0.494 e. The summed E-state index contributed by atoms with van der Waals surface area (Å²) in [6.45, 7) is 2.17. The van der Waals surface area contributed by atoms with Crippen LogP contribution in [0.25, 0.3) is 0 Å². The fourth-order valence-electron chi connectivity index (χ4n) is 2.89. The summed E-state index contributed by atoms with van der Waals surface area (Å²) in [5, 5.41) is 0. The van der Waals surface area contributed by atoms with Crippen LogP contribution in [0.2, 0.25) is 0 Å². The molecular weight excluding hydrogens is 243 g/mol. The average Bonchev–Trinajstić information content (AvgIpc) is 2.41. The third kappa shape index (κ3) is 3.34. The van der Waals surface area contributed by atoms with E-state index in [9.17, 15) is 9.18 Å². The molecule has 1 fully saturated rings. The van der Waals surface area contributed by atoms with Crippen molar-refractivity contribution in [3.63, 3.8) is 0 Å². The van der Waals surface area contributed by atoms with E-state index < -0.39 is 0 Å². The minimum absolute atomic E-state index is 0.0616. The van der Waals surface area contributed by atoms with Gasteiger partial charge in [0, 0.05) is 12.3 Å². The molecular formula is C16H21FO2. The topological polar surface area (TPSA) is 26.3 Å². The first-order valence-corrected chi connectivity index (χ1v) is 6.99. The van der Waals surface area contributed by atoms with E-state index >= 15 is 0 Å². The van der Waals surface area contributed by atoms with E-state index in [1.807, 2.05) is 6.07 Å².